The van der Waals surface area contributed by atoms with Crippen LogP contribution >= 0.6 is 11.3 Å². The van der Waals surface area contributed by atoms with Crippen molar-refractivity contribution in [1.82, 2.24) is 10.3 Å². The van der Waals surface area contributed by atoms with Gasteiger partial charge in [-0.2, -0.15) is 0 Å². The molecule has 1 aromatic heterocycles. The molecule has 3 nitrogen and oxygen atoms in total. The Morgan fingerprint density at radius 2 is 2.47 bits per heavy atom. The molecule has 0 aliphatic heterocycles. The highest BCUT2D eigenvalue weighted by atomic mass is 32.1. The molecule has 1 aromatic rings. The maximum atomic E-state index is 5.68. The van der Waals surface area contributed by atoms with Crippen molar-refractivity contribution in [1.29, 1.82) is 0 Å². The standard InChI is InChI=1S/C11H21N3S/c1-2-3-10(6-12)7-13-5-4-11-8-15-9-14-11/h8-10,13H,2-7,12H2,1H3. The van der Waals surface area contributed by atoms with E-state index in [-0.39, 0.29) is 0 Å². The molecule has 0 bridgehead atoms. The van der Waals surface area contributed by atoms with Crippen LogP contribution in [0.1, 0.15) is 25.5 Å². The van der Waals surface area contributed by atoms with Crippen LogP contribution < -0.4 is 11.1 Å². The van der Waals surface area contributed by atoms with Gasteiger partial charge in [0.1, 0.15) is 0 Å². The first-order chi connectivity index (χ1) is 7.36. The molecule has 3 N–H and O–H groups in total. The lowest BCUT2D eigenvalue weighted by atomic mass is 10.0. The van der Waals surface area contributed by atoms with E-state index in [1.54, 1.807) is 11.3 Å². The summed E-state index contributed by atoms with van der Waals surface area (Å²) >= 11 is 1.66. The molecule has 4 heteroatoms. The van der Waals surface area contributed by atoms with Gasteiger partial charge in [0, 0.05) is 18.3 Å². The Balaban J connectivity index is 2.05. The number of rotatable bonds is 8. The van der Waals surface area contributed by atoms with Crippen LogP contribution in [0.25, 0.3) is 0 Å². The van der Waals surface area contributed by atoms with Gasteiger partial charge in [0.15, 0.2) is 0 Å². The Bertz CT molecular complexity index is 236. The van der Waals surface area contributed by atoms with Gasteiger partial charge in [-0.1, -0.05) is 13.3 Å². The van der Waals surface area contributed by atoms with Crippen molar-refractivity contribution < 1.29 is 0 Å². The SMILES string of the molecule is CCCC(CN)CNCCc1cscn1. The number of hydrogen-bond acceptors (Lipinski definition) is 4. The third-order valence-corrected chi connectivity index (χ3v) is 3.14. The van der Waals surface area contributed by atoms with Crippen LogP contribution in [0.3, 0.4) is 0 Å². The highest BCUT2D eigenvalue weighted by molar-refractivity contribution is 7.07. The first-order valence-electron chi connectivity index (χ1n) is 5.64. The Morgan fingerprint density at radius 3 is 3.07 bits per heavy atom. The first kappa shape index (κ1) is 12.6. The maximum absolute atomic E-state index is 5.68. The minimum absolute atomic E-state index is 0.630. The first-order valence-corrected chi connectivity index (χ1v) is 6.59. The van der Waals surface area contributed by atoms with Gasteiger partial charge in [0.25, 0.3) is 0 Å². The Hall–Kier alpha value is -0.450. The van der Waals surface area contributed by atoms with E-state index in [9.17, 15) is 0 Å². The van der Waals surface area contributed by atoms with Gasteiger partial charge in [-0.3, -0.25) is 0 Å². The van der Waals surface area contributed by atoms with Gasteiger partial charge < -0.3 is 11.1 Å². The normalized spacial score (nSPS) is 12.9. The van der Waals surface area contributed by atoms with Crippen molar-refractivity contribution in [3.05, 3.63) is 16.6 Å². The van der Waals surface area contributed by atoms with Crippen molar-refractivity contribution in [3.63, 3.8) is 0 Å². The monoisotopic (exact) mass is 227 g/mol. The molecule has 0 aromatic carbocycles. The van der Waals surface area contributed by atoms with Crippen molar-refractivity contribution in [2.75, 3.05) is 19.6 Å². The average molecular weight is 227 g/mol. The number of hydrogen-bond donors (Lipinski definition) is 2. The maximum Gasteiger partial charge on any atom is 0.0794 e. The second-order valence-electron chi connectivity index (χ2n) is 3.82. The summed E-state index contributed by atoms with van der Waals surface area (Å²) < 4.78 is 0. The number of nitrogens with zero attached hydrogens (tertiary/aromatic N) is 1. The lowest BCUT2D eigenvalue weighted by Crippen LogP contribution is -2.29. The summed E-state index contributed by atoms with van der Waals surface area (Å²) in [7, 11) is 0. The lowest BCUT2D eigenvalue weighted by Gasteiger charge is -2.13. The number of nitrogens with one attached hydrogen (secondary N) is 1. The van der Waals surface area contributed by atoms with Crippen molar-refractivity contribution in [3.8, 4) is 0 Å². The molecule has 0 saturated carbocycles. The highest BCUT2D eigenvalue weighted by Gasteiger charge is 2.04. The predicted molar refractivity (Wildman–Crippen MR) is 66.1 cm³/mol. The fraction of sp³-hybridized carbons (Fsp3) is 0.727. The minimum atomic E-state index is 0.630. The number of aromatic nitrogens is 1. The Morgan fingerprint density at radius 1 is 1.60 bits per heavy atom. The molecular formula is C11H21N3S. The predicted octanol–water partition coefficient (Wildman–Crippen LogP) is 1.65. The molecule has 1 atom stereocenters. The van der Waals surface area contributed by atoms with Gasteiger partial charge in [0.2, 0.25) is 0 Å². The molecular weight excluding hydrogens is 206 g/mol. The molecule has 1 rings (SSSR count). The minimum Gasteiger partial charge on any atom is -0.330 e. The largest absolute Gasteiger partial charge is 0.330 e. The number of thiazole rings is 1. The zero-order chi connectivity index (χ0) is 10.9. The third-order valence-electron chi connectivity index (χ3n) is 2.50. The zero-order valence-corrected chi connectivity index (χ0v) is 10.2. The fourth-order valence-electron chi connectivity index (χ4n) is 1.60. The summed E-state index contributed by atoms with van der Waals surface area (Å²) in [5.74, 6) is 0.630. The van der Waals surface area contributed by atoms with Crippen LogP contribution in [0.15, 0.2) is 10.9 Å². The average Bonchev–Trinajstić information content (AvgIpc) is 2.75. The van der Waals surface area contributed by atoms with E-state index in [1.165, 1.54) is 18.5 Å². The molecule has 0 aliphatic carbocycles. The molecule has 0 fully saturated rings. The van der Waals surface area contributed by atoms with Crippen LogP contribution in [0.4, 0.5) is 0 Å². The van der Waals surface area contributed by atoms with E-state index in [0.717, 1.165) is 26.1 Å². The van der Waals surface area contributed by atoms with Crippen molar-refractivity contribution in [2.24, 2.45) is 11.7 Å². The van der Waals surface area contributed by atoms with Crippen LogP contribution in [0.2, 0.25) is 0 Å². The molecule has 1 heterocycles. The van der Waals surface area contributed by atoms with E-state index in [1.807, 2.05) is 5.51 Å². The Kier molecular flexibility index (Phi) is 6.55. The van der Waals surface area contributed by atoms with Crippen LogP contribution in [-0.4, -0.2) is 24.6 Å². The fourth-order valence-corrected chi connectivity index (χ4v) is 2.19. The molecule has 0 saturated heterocycles. The lowest BCUT2D eigenvalue weighted by molar-refractivity contribution is 0.451. The van der Waals surface area contributed by atoms with Crippen LogP contribution in [0.5, 0.6) is 0 Å². The summed E-state index contributed by atoms with van der Waals surface area (Å²) in [6, 6.07) is 0. The summed E-state index contributed by atoms with van der Waals surface area (Å²) in [4.78, 5) is 4.24. The molecule has 0 amide bonds. The van der Waals surface area contributed by atoms with Crippen molar-refractivity contribution >= 4 is 11.3 Å². The quantitative estimate of drug-likeness (QED) is 0.664. The van der Waals surface area contributed by atoms with Gasteiger partial charge >= 0.3 is 0 Å². The zero-order valence-electron chi connectivity index (χ0n) is 9.41. The topological polar surface area (TPSA) is 50.9 Å². The van der Waals surface area contributed by atoms with Gasteiger partial charge in [-0.25, -0.2) is 4.98 Å². The summed E-state index contributed by atoms with van der Waals surface area (Å²) in [5, 5.41) is 5.55. The van der Waals surface area contributed by atoms with Gasteiger partial charge in [0.05, 0.1) is 11.2 Å². The van der Waals surface area contributed by atoms with Gasteiger partial charge in [-0.15, -0.1) is 11.3 Å². The van der Waals surface area contributed by atoms with E-state index >= 15 is 0 Å². The second-order valence-corrected chi connectivity index (χ2v) is 4.54. The second kappa shape index (κ2) is 7.79. The van der Waals surface area contributed by atoms with Crippen LogP contribution in [0, 0.1) is 5.92 Å². The summed E-state index contributed by atoms with van der Waals surface area (Å²) in [6.07, 6.45) is 3.46. The molecule has 86 valence electrons. The summed E-state index contributed by atoms with van der Waals surface area (Å²) in [6.45, 7) is 5.04. The van der Waals surface area contributed by atoms with E-state index < -0.39 is 0 Å². The third kappa shape index (κ3) is 5.25. The smallest absolute Gasteiger partial charge is 0.0794 e. The van der Waals surface area contributed by atoms with Crippen LogP contribution in [-0.2, 0) is 6.42 Å². The molecule has 0 radical (unpaired) electrons. The molecule has 1 unspecified atom stereocenters. The molecule has 15 heavy (non-hydrogen) atoms. The highest BCUT2D eigenvalue weighted by Crippen LogP contribution is 2.03. The van der Waals surface area contributed by atoms with E-state index in [4.69, 9.17) is 5.73 Å². The van der Waals surface area contributed by atoms with Gasteiger partial charge in [-0.05, 0) is 25.4 Å². The van der Waals surface area contributed by atoms with Crippen molar-refractivity contribution in [2.45, 2.75) is 26.2 Å². The Labute approximate surface area is 96.1 Å². The number of nitrogens with two attached hydrogens (primary N) is 1. The summed E-state index contributed by atoms with van der Waals surface area (Å²) in [5.41, 5.74) is 8.76. The van der Waals surface area contributed by atoms with E-state index in [0.29, 0.717) is 5.92 Å². The molecule has 0 spiro atoms. The molecule has 0 aliphatic rings. The van der Waals surface area contributed by atoms with E-state index in [2.05, 4.69) is 22.6 Å².